The van der Waals surface area contributed by atoms with Crippen LogP contribution in [0.3, 0.4) is 0 Å². The monoisotopic (exact) mass is 296 g/mol. The van der Waals surface area contributed by atoms with Gasteiger partial charge in [-0.2, -0.15) is 0 Å². The molecule has 3 nitrogen and oxygen atoms in total. The van der Waals surface area contributed by atoms with E-state index in [0.29, 0.717) is 16.3 Å². The molecular weight excluding hydrogens is 287 g/mol. The van der Waals surface area contributed by atoms with Gasteiger partial charge >= 0.3 is 5.97 Å². The van der Waals surface area contributed by atoms with Crippen molar-refractivity contribution >= 4 is 29.2 Å². The highest BCUT2D eigenvalue weighted by molar-refractivity contribution is 6.33. The van der Waals surface area contributed by atoms with E-state index in [2.05, 4.69) is 0 Å². The molecule has 0 saturated carbocycles. The van der Waals surface area contributed by atoms with Crippen molar-refractivity contribution in [3.63, 3.8) is 0 Å². The fraction of sp³-hybridized carbons (Fsp3) is 0.0714. The Morgan fingerprint density at radius 3 is 2.53 bits per heavy atom. The number of carboxylic acid groups (broad SMARTS) is 1. The van der Waals surface area contributed by atoms with Gasteiger partial charge in [0, 0.05) is 0 Å². The van der Waals surface area contributed by atoms with Crippen LogP contribution in [-0.2, 0) is 6.61 Å². The summed E-state index contributed by atoms with van der Waals surface area (Å²) in [6.07, 6.45) is 0. The Morgan fingerprint density at radius 1 is 1.11 bits per heavy atom. The second-order valence-electron chi connectivity index (χ2n) is 3.84. The number of rotatable bonds is 4. The minimum absolute atomic E-state index is 0.0573. The predicted octanol–water partition coefficient (Wildman–Crippen LogP) is 4.27. The van der Waals surface area contributed by atoms with Crippen molar-refractivity contribution < 1.29 is 14.6 Å². The van der Waals surface area contributed by atoms with Crippen LogP contribution in [-0.4, -0.2) is 11.1 Å². The highest BCUT2D eigenvalue weighted by Gasteiger charge is 2.10. The van der Waals surface area contributed by atoms with Crippen LogP contribution in [0.25, 0.3) is 0 Å². The number of carbonyl (C=O) groups is 1. The molecule has 0 amide bonds. The molecule has 19 heavy (non-hydrogen) atoms. The number of benzene rings is 2. The highest BCUT2D eigenvalue weighted by atomic mass is 35.5. The Bertz CT molecular complexity index is 611. The number of aromatic carboxylic acids is 1. The van der Waals surface area contributed by atoms with Gasteiger partial charge in [-0.15, -0.1) is 0 Å². The third-order valence-electron chi connectivity index (χ3n) is 2.49. The average molecular weight is 297 g/mol. The summed E-state index contributed by atoms with van der Waals surface area (Å²) in [4.78, 5) is 11.0. The molecule has 0 heterocycles. The summed E-state index contributed by atoms with van der Waals surface area (Å²) in [6.45, 7) is 0.223. The first-order chi connectivity index (χ1) is 9.08. The number of hydrogen-bond donors (Lipinski definition) is 1. The third-order valence-corrected chi connectivity index (χ3v) is 3.13. The maximum atomic E-state index is 11.0. The van der Waals surface area contributed by atoms with Crippen molar-refractivity contribution in [3.8, 4) is 5.75 Å². The molecule has 2 aromatic carbocycles. The zero-order valence-corrected chi connectivity index (χ0v) is 11.3. The summed E-state index contributed by atoms with van der Waals surface area (Å²) in [6, 6.07) is 11.8. The molecule has 2 aromatic rings. The molecular formula is C14H10Cl2O3. The molecule has 5 heteroatoms. The molecule has 0 radical (unpaired) electrons. The summed E-state index contributed by atoms with van der Waals surface area (Å²) in [5.41, 5.74) is 0.767. The molecule has 0 atom stereocenters. The van der Waals surface area contributed by atoms with E-state index >= 15 is 0 Å². The van der Waals surface area contributed by atoms with Gasteiger partial charge in [-0.05, 0) is 29.8 Å². The van der Waals surface area contributed by atoms with Gasteiger partial charge in [-0.1, -0.05) is 41.4 Å². The maximum Gasteiger partial charge on any atom is 0.337 e. The van der Waals surface area contributed by atoms with E-state index < -0.39 is 5.97 Å². The Balaban J connectivity index is 2.14. The van der Waals surface area contributed by atoms with Gasteiger partial charge in [0.15, 0.2) is 0 Å². The van der Waals surface area contributed by atoms with Crippen LogP contribution < -0.4 is 4.74 Å². The predicted molar refractivity (Wildman–Crippen MR) is 74.2 cm³/mol. The molecule has 0 aliphatic heterocycles. The number of halogens is 2. The maximum absolute atomic E-state index is 11.0. The van der Waals surface area contributed by atoms with E-state index in [9.17, 15) is 4.79 Å². The van der Waals surface area contributed by atoms with Crippen molar-refractivity contribution in [1.82, 2.24) is 0 Å². The van der Waals surface area contributed by atoms with Crippen molar-refractivity contribution in [2.75, 3.05) is 0 Å². The van der Waals surface area contributed by atoms with Gasteiger partial charge in [0.25, 0.3) is 0 Å². The van der Waals surface area contributed by atoms with Crippen LogP contribution in [0, 0.1) is 0 Å². The van der Waals surface area contributed by atoms with Crippen LogP contribution >= 0.6 is 23.2 Å². The van der Waals surface area contributed by atoms with E-state index in [-0.39, 0.29) is 17.2 Å². The lowest BCUT2D eigenvalue weighted by Gasteiger charge is -2.09. The average Bonchev–Trinajstić information content (AvgIpc) is 2.39. The third kappa shape index (κ3) is 3.40. The molecule has 0 unspecified atom stereocenters. The molecule has 98 valence electrons. The lowest BCUT2D eigenvalue weighted by Crippen LogP contribution is -2.01. The molecule has 2 rings (SSSR count). The SMILES string of the molecule is O=C(O)c1cc(COc2ccccc2Cl)ccc1Cl. The summed E-state index contributed by atoms with van der Waals surface area (Å²) in [5.74, 6) is -0.513. The minimum atomic E-state index is -1.07. The van der Waals surface area contributed by atoms with Crippen LogP contribution in [0.5, 0.6) is 5.75 Å². The largest absolute Gasteiger partial charge is 0.487 e. The quantitative estimate of drug-likeness (QED) is 0.916. The smallest absolute Gasteiger partial charge is 0.337 e. The van der Waals surface area contributed by atoms with Gasteiger partial charge in [-0.3, -0.25) is 0 Å². The molecule has 0 saturated heterocycles. The first kappa shape index (κ1) is 13.7. The first-order valence-electron chi connectivity index (χ1n) is 5.47. The molecule has 0 aliphatic carbocycles. The van der Waals surface area contributed by atoms with E-state index in [0.717, 1.165) is 0 Å². The standard InChI is InChI=1S/C14H10Cl2O3/c15-11-6-5-9(7-10(11)14(17)18)8-19-13-4-2-1-3-12(13)16/h1-7H,8H2,(H,17,18). The Morgan fingerprint density at radius 2 is 1.84 bits per heavy atom. The zero-order valence-electron chi connectivity index (χ0n) is 9.77. The second kappa shape index (κ2) is 5.95. The molecule has 1 N–H and O–H groups in total. The zero-order chi connectivity index (χ0) is 13.8. The van der Waals surface area contributed by atoms with Crippen LogP contribution in [0.1, 0.15) is 15.9 Å². The normalized spacial score (nSPS) is 10.2. The van der Waals surface area contributed by atoms with Gasteiger partial charge in [-0.25, -0.2) is 4.79 Å². The molecule has 0 spiro atoms. The van der Waals surface area contributed by atoms with Crippen LogP contribution in [0.2, 0.25) is 10.0 Å². The van der Waals surface area contributed by atoms with Gasteiger partial charge in [0.1, 0.15) is 12.4 Å². The fourth-order valence-corrected chi connectivity index (χ4v) is 1.94. The lowest BCUT2D eigenvalue weighted by atomic mass is 10.1. The lowest BCUT2D eigenvalue weighted by molar-refractivity contribution is 0.0697. The van der Waals surface area contributed by atoms with Crippen LogP contribution in [0.4, 0.5) is 0 Å². The Hall–Kier alpha value is -1.71. The Kier molecular flexibility index (Phi) is 4.30. The second-order valence-corrected chi connectivity index (χ2v) is 4.65. The number of ether oxygens (including phenoxy) is 1. The van der Waals surface area contributed by atoms with Gasteiger partial charge < -0.3 is 9.84 Å². The molecule has 0 bridgehead atoms. The van der Waals surface area contributed by atoms with Crippen LogP contribution in [0.15, 0.2) is 42.5 Å². The van der Waals surface area contributed by atoms with Gasteiger partial charge in [0.2, 0.25) is 0 Å². The van der Waals surface area contributed by atoms with Crippen molar-refractivity contribution in [2.45, 2.75) is 6.61 Å². The molecule has 0 aliphatic rings. The summed E-state index contributed by atoms with van der Waals surface area (Å²) in [5, 5.41) is 9.69. The van der Waals surface area contributed by atoms with E-state index in [1.807, 2.05) is 6.07 Å². The fourth-order valence-electron chi connectivity index (χ4n) is 1.55. The number of carboxylic acids is 1. The molecule has 0 fully saturated rings. The summed E-state index contributed by atoms with van der Waals surface area (Å²) < 4.78 is 5.53. The minimum Gasteiger partial charge on any atom is -0.487 e. The highest BCUT2D eigenvalue weighted by Crippen LogP contribution is 2.25. The summed E-state index contributed by atoms with van der Waals surface area (Å²) in [7, 11) is 0. The van der Waals surface area contributed by atoms with Crippen molar-refractivity contribution in [3.05, 3.63) is 63.6 Å². The topological polar surface area (TPSA) is 46.5 Å². The van der Waals surface area contributed by atoms with E-state index in [1.54, 1.807) is 24.3 Å². The first-order valence-corrected chi connectivity index (χ1v) is 6.22. The summed E-state index contributed by atoms with van der Waals surface area (Å²) >= 11 is 11.7. The van der Waals surface area contributed by atoms with Gasteiger partial charge in [0.05, 0.1) is 15.6 Å². The number of para-hydroxylation sites is 1. The Labute approximate surface area is 120 Å². The molecule has 0 aromatic heterocycles. The number of hydrogen-bond acceptors (Lipinski definition) is 2. The van der Waals surface area contributed by atoms with Crippen molar-refractivity contribution in [2.24, 2.45) is 0 Å². The van der Waals surface area contributed by atoms with E-state index in [4.69, 9.17) is 33.0 Å². The van der Waals surface area contributed by atoms with Crippen molar-refractivity contribution in [1.29, 1.82) is 0 Å². The van der Waals surface area contributed by atoms with E-state index in [1.165, 1.54) is 12.1 Å².